The minimum atomic E-state index is -0.729. The van der Waals surface area contributed by atoms with Crippen LogP contribution in [0.15, 0.2) is 24.3 Å². The number of hydrogen-bond acceptors (Lipinski definition) is 4. The SMILES string of the molecule is N#C[C@H](C=O)c1nc2ccccc2s1. The zero-order valence-corrected chi connectivity index (χ0v) is 7.99. The Bertz CT molecular complexity index is 479. The van der Waals surface area contributed by atoms with E-state index in [0.717, 1.165) is 10.2 Å². The van der Waals surface area contributed by atoms with E-state index in [-0.39, 0.29) is 0 Å². The van der Waals surface area contributed by atoms with Gasteiger partial charge in [0.1, 0.15) is 11.3 Å². The molecule has 0 bridgehead atoms. The quantitative estimate of drug-likeness (QED) is 0.701. The molecule has 0 N–H and O–H groups in total. The average molecular weight is 202 g/mol. The lowest BCUT2D eigenvalue weighted by molar-refractivity contribution is -0.108. The summed E-state index contributed by atoms with van der Waals surface area (Å²) in [6, 6.07) is 9.50. The van der Waals surface area contributed by atoms with Gasteiger partial charge in [-0.3, -0.25) is 0 Å². The van der Waals surface area contributed by atoms with Gasteiger partial charge in [0.05, 0.1) is 16.3 Å². The number of hydrogen-bond donors (Lipinski definition) is 0. The van der Waals surface area contributed by atoms with E-state index in [0.29, 0.717) is 11.3 Å². The Kier molecular flexibility index (Phi) is 2.25. The van der Waals surface area contributed by atoms with E-state index in [4.69, 9.17) is 5.26 Å². The van der Waals surface area contributed by atoms with Crippen LogP contribution in [0.5, 0.6) is 0 Å². The monoisotopic (exact) mass is 202 g/mol. The van der Waals surface area contributed by atoms with E-state index < -0.39 is 5.92 Å². The first-order chi connectivity index (χ1) is 6.85. The van der Waals surface area contributed by atoms with Crippen LogP contribution in [0.1, 0.15) is 10.9 Å². The predicted molar refractivity (Wildman–Crippen MR) is 54.0 cm³/mol. The fourth-order valence-electron chi connectivity index (χ4n) is 1.17. The molecule has 0 aliphatic heterocycles. The van der Waals surface area contributed by atoms with Crippen LogP contribution < -0.4 is 0 Å². The molecule has 0 spiro atoms. The summed E-state index contributed by atoms with van der Waals surface area (Å²) in [4.78, 5) is 14.8. The Morgan fingerprint density at radius 1 is 1.50 bits per heavy atom. The molecule has 0 saturated carbocycles. The molecule has 14 heavy (non-hydrogen) atoms. The first-order valence-corrected chi connectivity index (χ1v) is 4.87. The molecule has 1 atom stereocenters. The van der Waals surface area contributed by atoms with E-state index in [1.54, 1.807) is 0 Å². The van der Waals surface area contributed by atoms with Crippen molar-refractivity contribution in [2.75, 3.05) is 0 Å². The van der Waals surface area contributed by atoms with Crippen molar-refractivity contribution in [2.24, 2.45) is 0 Å². The summed E-state index contributed by atoms with van der Waals surface area (Å²) in [5, 5.41) is 9.26. The van der Waals surface area contributed by atoms with E-state index in [9.17, 15) is 4.79 Å². The topological polar surface area (TPSA) is 53.8 Å². The normalized spacial score (nSPS) is 12.2. The third kappa shape index (κ3) is 1.38. The average Bonchev–Trinajstić information content (AvgIpc) is 2.63. The van der Waals surface area contributed by atoms with Crippen LogP contribution >= 0.6 is 11.3 Å². The van der Waals surface area contributed by atoms with Crippen molar-refractivity contribution < 1.29 is 4.79 Å². The van der Waals surface area contributed by atoms with E-state index in [1.165, 1.54) is 11.3 Å². The fourth-order valence-corrected chi connectivity index (χ4v) is 2.14. The van der Waals surface area contributed by atoms with Gasteiger partial charge in [-0.15, -0.1) is 11.3 Å². The molecule has 0 aliphatic carbocycles. The molecule has 1 aromatic heterocycles. The Morgan fingerprint density at radius 3 is 2.93 bits per heavy atom. The molecule has 0 amide bonds. The third-order valence-electron chi connectivity index (χ3n) is 1.85. The highest BCUT2D eigenvalue weighted by Gasteiger charge is 2.13. The number of rotatable bonds is 2. The molecule has 3 nitrogen and oxygen atoms in total. The first-order valence-electron chi connectivity index (χ1n) is 4.05. The third-order valence-corrected chi connectivity index (χ3v) is 2.97. The summed E-state index contributed by atoms with van der Waals surface area (Å²) >= 11 is 1.39. The fraction of sp³-hybridized carbons (Fsp3) is 0.100. The van der Waals surface area contributed by atoms with Gasteiger partial charge >= 0.3 is 0 Å². The van der Waals surface area contributed by atoms with Crippen LogP contribution in [-0.4, -0.2) is 11.3 Å². The summed E-state index contributed by atoms with van der Waals surface area (Å²) in [5.74, 6) is -0.729. The molecule has 2 aromatic rings. The second kappa shape index (κ2) is 3.56. The van der Waals surface area contributed by atoms with Crippen LogP contribution in [0.4, 0.5) is 0 Å². The lowest BCUT2D eigenvalue weighted by atomic mass is 10.2. The molecular weight excluding hydrogens is 196 g/mol. The first kappa shape index (κ1) is 8.85. The van der Waals surface area contributed by atoms with Crippen molar-refractivity contribution in [3.8, 4) is 6.07 Å². The molecule has 0 radical (unpaired) electrons. The lowest BCUT2D eigenvalue weighted by Crippen LogP contribution is -1.94. The molecule has 68 valence electrons. The number of carbonyl (C=O) groups is 1. The highest BCUT2D eigenvalue weighted by molar-refractivity contribution is 7.18. The van der Waals surface area contributed by atoms with Gasteiger partial charge in [0.2, 0.25) is 0 Å². The lowest BCUT2D eigenvalue weighted by Gasteiger charge is -1.90. The number of nitrogens with zero attached hydrogens (tertiary/aromatic N) is 2. The van der Waals surface area contributed by atoms with Crippen LogP contribution in [-0.2, 0) is 4.79 Å². The van der Waals surface area contributed by atoms with Gasteiger partial charge in [0, 0.05) is 0 Å². The Balaban J connectivity index is 2.55. The molecule has 1 heterocycles. The molecule has 1 aromatic carbocycles. The van der Waals surface area contributed by atoms with Gasteiger partial charge in [-0.2, -0.15) is 5.26 Å². The second-order valence-electron chi connectivity index (χ2n) is 2.76. The molecule has 0 fully saturated rings. The largest absolute Gasteiger partial charge is 0.301 e. The van der Waals surface area contributed by atoms with Crippen LogP contribution in [0.2, 0.25) is 0 Å². The van der Waals surface area contributed by atoms with E-state index >= 15 is 0 Å². The van der Waals surface area contributed by atoms with Gasteiger partial charge in [-0.1, -0.05) is 12.1 Å². The van der Waals surface area contributed by atoms with Gasteiger partial charge in [-0.25, -0.2) is 4.98 Å². The number of thiazole rings is 1. The Morgan fingerprint density at radius 2 is 2.29 bits per heavy atom. The Labute approximate surface area is 84.6 Å². The number of benzene rings is 1. The van der Waals surface area contributed by atoms with Crippen molar-refractivity contribution in [1.82, 2.24) is 4.98 Å². The Hall–Kier alpha value is -1.73. The van der Waals surface area contributed by atoms with Crippen molar-refractivity contribution in [2.45, 2.75) is 5.92 Å². The second-order valence-corrected chi connectivity index (χ2v) is 3.82. The van der Waals surface area contributed by atoms with Crippen LogP contribution in [0, 0.1) is 11.3 Å². The maximum absolute atomic E-state index is 10.6. The van der Waals surface area contributed by atoms with Crippen molar-refractivity contribution in [3.63, 3.8) is 0 Å². The van der Waals surface area contributed by atoms with Crippen molar-refractivity contribution >= 4 is 27.8 Å². The van der Waals surface area contributed by atoms with Crippen molar-refractivity contribution in [3.05, 3.63) is 29.3 Å². The number of fused-ring (bicyclic) bond motifs is 1. The maximum Gasteiger partial charge on any atom is 0.153 e. The summed E-state index contributed by atoms with van der Waals surface area (Å²) in [6.07, 6.45) is 0.623. The van der Waals surface area contributed by atoms with Crippen molar-refractivity contribution in [1.29, 1.82) is 5.26 Å². The number of para-hydroxylation sites is 1. The minimum absolute atomic E-state index is 0.573. The summed E-state index contributed by atoms with van der Waals surface area (Å²) < 4.78 is 1.00. The molecule has 0 saturated heterocycles. The summed E-state index contributed by atoms with van der Waals surface area (Å²) in [5.41, 5.74) is 0.842. The van der Waals surface area contributed by atoms with E-state index in [2.05, 4.69) is 4.98 Å². The maximum atomic E-state index is 10.6. The minimum Gasteiger partial charge on any atom is -0.301 e. The molecule has 2 rings (SSSR count). The molecule has 4 heteroatoms. The smallest absolute Gasteiger partial charge is 0.153 e. The summed E-state index contributed by atoms with van der Waals surface area (Å²) in [6.45, 7) is 0. The van der Waals surface area contributed by atoms with Gasteiger partial charge in [0.25, 0.3) is 0 Å². The predicted octanol–water partition coefficient (Wildman–Crippen LogP) is 2.10. The van der Waals surface area contributed by atoms with Gasteiger partial charge < -0.3 is 4.79 Å². The highest BCUT2D eigenvalue weighted by Crippen LogP contribution is 2.25. The zero-order valence-electron chi connectivity index (χ0n) is 7.18. The molecule has 0 unspecified atom stereocenters. The molecule has 0 aliphatic rings. The summed E-state index contributed by atoms with van der Waals surface area (Å²) in [7, 11) is 0. The van der Waals surface area contributed by atoms with Crippen LogP contribution in [0.3, 0.4) is 0 Å². The molecular formula is C10H6N2OS. The number of nitriles is 1. The zero-order chi connectivity index (χ0) is 9.97. The number of aldehydes is 1. The van der Waals surface area contributed by atoms with Gasteiger partial charge in [-0.05, 0) is 12.1 Å². The number of carbonyl (C=O) groups excluding carboxylic acids is 1. The number of aromatic nitrogens is 1. The van der Waals surface area contributed by atoms with Crippen LogP contribution in [0.25, 0.3) is 10.2 Å². The highest BCUT2D eigenvalue weighted by atomic mass is 32.1. The standard InChI is InChI=1S/C10H6N2OS/c11-5-7(6-13)10-12-8-3-1-2-4-9(8)14-10/h1-4,6-7H/t7-/m1/s1. The van der Waals surface area contributed by atoms with Gasteiger partial charge in [0.15, 0.2) is 5.92 Å². The van der Waals surface area contributed by atoms with E-state index in [1.807, 2.05) is 30.3 Å².